The Hall–Kier alpha value is -4.41. The molecule has 2 amide bonds. The van der Waals surface area contributed by atoms with Crippen LogP contribution in [0.2, 0.25) is 0 Å². The van der Waals surface area contributed by atoms with Gasteiger partial charge in [0, 0.05) is 17.7 Å². The lowest BCUT2D eigenvalue weighted by atomic mass is 10.0. The topological polar surface area (TPSA) is 105 Å². The Kier molecular flexibility index (Phi) is 7.47. The molecule has 3 aromatic rings. The molecule has 3 N–H and O–H groups in total. The predicted octanol–water partition coefficient (Wildman–Crippen LogP) is 3.28. The first-order chi connectivity index (χ1) is 17.4. The average Bonchev–Trinajstić information content (AvgIpc) is 3.02. The van der Waals surface area contributed by atoms with Gasteiger partial charge in [-0.15, -0.1) is 0 Å². The van der Waals surface area contributed by atoms with Crippen molar-refractivity contribution in [2.24, 2.45) is 4.99 Å². The molecule has 0 saturated heterocycles. The van der Waals surface area contributed by atoms with Crippen molar-refractivity contribution < 1.29 is 27.5 Å². The van der Waals surface area contributed by atoms with E-state index >= 15 is 0 Å². The Morgan fingerprint density at radius 1 is 1.06 bits per heavy atom. The van der Waals surface area contributed by atoms with Crippen LogP contribution in [0.15, 0.2) is 59.6 Å². The van der Waals surface area contributed by atoms with Crippen molar-refractivity contribution in [2.75, 3.05) is 30.3 Å². The van der Waals surface area contributed by atoms with Crippen LogP contribution in [0.5, 0.6) is 5.88 Å². The molecule has 4 rings (SSSR count). The third kappa shape index (κ3) is 5.29. The number of rotatable bonds is 8. The average molecular weight is 497 g/mol. The van der Waals surface area contributed by atoms with E-state index in [0.717, 1.165) is 11.1 Å². The van der Waals surface area contributed by atoms with Gasteiger partial charge in [-0.05, 0) is 13.0 Å². The molecule has 11 heteroatoms. The van der Waals surface area contributed by atoms with Crippen LogP contribution in [0.25, 0.3) is 0 Å². The van der Waals surface area contributed by atoms with Crippen molar-refractivity contribution >= 4 is 28.9 Å². The molecule has 1 aliphatic heterocycles. The van der Waals surface area contributed by atoms with Gasteiger partial charge in [0.05, 0.1) is 24.6 Å². The predicted molar refractivity (Wildman–Crippen MR) is 128 cm³/mol. The molecule has 2 heterocycles. The molecule has 8 nitrogen and oxygen atoms in total. The van der Waals surface area contributed by atoms with Crippen LogP contribution in [-0.4, -0.2) is 48.2 Å². The van der Waals surface area contributed by atoms with Gasteiger partial charge in [-0.1, -0.05) is 48.5 Å². The molecule has 0 unspecified atom stereocenters. The van der Waals surface area contributed by atoms with Gasteiger partial charge in [-0.25, -0.2) is 0 Å². The zero-order valence-corrected chi connectivity index (χ0v) is 19.1. The van der Waals surface area contributed by atoms with Crippen LogP contribution in [0.1, 0.15) is 18.1 Å². The summed E-state index contributed by atoms with van der Waals surface area (Å²) in [5, 5.41) is 7.55. The summed E-state index contributed by atoms with van der Waals surface area (Å²) in [5.41, 5.74) is 1.78. The summed E-state index contributed by atoms with van der Waals surface area (Å²) in [6, 6.07) is 15.5. The van der Waals surface area contributed by atoms with E-state index in [9.17, 15) is 22.8 Å². The molecule has 1 aliphatic rings. The summed E-state index contributed by atoms with van der Waals surface area (Å²) in [5.74, 6) is -6.27. The molecule has 186 valence electrons. The maximum atomic E-state index is 14.4. The number of carbonyl (C=O) groups excluding carboxylic acids is 2. The first kappa shape index (κ1) is 24.7. The monoisotopic (exact) mass is 497 g/mol. The Labute approximate surface area is 204 Å². The van der Waals surface area contributed by atoms with Crippen LogP contribution >= 0.6 is 0 Å². The van der Waals surface area contributed by atoms with Crippen molar-refractivity contribution in [3.63, 3.8) is 0 Å². The van der Waals surface area contributed by atoms with E-state index < -0.39 is 53.6 Å². The first-order valence-electron chi connectivity index (χ1n) is 11.1. The van der Waals surface area contributed by atoms with Gasteiger partial charge in [0.1, 0.15) is 11.7 Å². The van der Waals surface area contributed by atoms with Gasteiger partial charge in [0.25, 0.3) is 17.7 Å². The van der Waals surface area contributed by atoms with Crippen LogP contribution < -0.4 is 20.7 Å². The molecule has 0 radical (unpaired) electrons. The maximum Gasteiger partial charge on any atom is 0.255 e. The van der Waals surface area contributed by atoms with Crippen molar-refractivity contribution in [1.29, 1.82) is 0 Å². The molecule has 1 atom stereocenters. The molecule has 0 bridgehead atoms. The van der Waals surface area contributed by atoms with E-state index in [2.05, 4.69) is 25.9 Å². The zero-order chi connectivity index (χ0) is 25.7. The van der Waals surface area contributed by atoms with Crippen molar-refractivity contribution in [2.45, 2.75) is 13.0 Å². The van der Waals surface area contributed by atoms with E-state index in [-0.39, 0.29) is 13.2 Å². The zero-order valence-electron chi connectivity index (χ0n) is 19.1. The summed E-state index contributed by atoms with van der Waals surface area (Å²) < 4.78 is 47.0. The summed E-state index contributed by atoms with van der Waals surface area (Å²) in [7, 11) is 0. The van der Waals surface area contributed by atoms with Crippen LogP contribution in [-0.2, 0) is 9.59 Å². The minimum absolute atomic E-state index is 0.0201. The number of nitrogens with one attached hydrogen (secondary N) is 3. The summed E-state index contributed by atoms with van der Waals surface area (Å²) >= 11 is 0. The second-order valence-electron chi connectivity index (χ2n) is 7.70. The normalized spacial score (nSPS) is 14.7. The second-order valence-corrected chi connectivity index (χ2v) is 7.70. The molecular weight excluding hydrogens is 475 g/mol. The van der Waals surface area contributed by atoms with Crippen molar-refractivity contribution in [1.82, 2.24) is 10.3 Å². The number of pyridine rings is 1. The number of aromatic nitrogens is 1. The van der Waals surface area contributed by atoms with Crippen LogP contribution in [0, 0.1) is 17.6 Å². The maximum absolute atomic E-state index is 14.4. The number of carbonyl (C=O) groups is 2. The fourth-order valence-corrected chi connectivity index (χ4v) is 3.59. The van der Waals surface area contributed by atoms with E-state index in [1.807, 2.05) is 42.5 Å². The largest absolute Gasteiger partial charge is 0.476 e. The fourth-order valence-electron chi connectivity index (χ4n) is 3.59. The van der Waals surface area contributed by atoms with E-state index in [1.165, 1.54) is 6.92 Å². The number of para-hydroxylation sites is 1. The van der Waals surface area contributed by atoms with Gasteiger partial charge in [-0.2, -0.15) is 18.2 Å². The van der Waals surface area contributed by atoms with Gasteiger partial charge < -0.3 is 20.7 Å². The summed E-state index contributed by atoms with van der Waals surface area (Å²) in [6.07, 6.45) is 0. The lowest BCUT2D eigenvalue weighted by molar-refractivity contribution is -0.120. The Balaban J connectivity index is 1.48. The molecule has 0 fully saturated rings. The Morgan fingerprint density at radius 3 is 2.53 bits per heavy atom. The highest BCUT2D eigenvalue weighted by atomic mass is 19.2. The molecule has 0 spiro atoms. The summed E-state index contributed by atoms with van der Waals surface area (Å²) in [4.78, 5) is 32.9. The van der Waals surface area contributed by atoms with Gasteiger partial charge in [-0.3, -0.25) is 14.6 Å². The number of benzodiazepines with no additional fused rings is 1. The van der Waals surface area contributed by atoms with Gasteiger partial charge in [0.15, 0.2) is 0 Å². The molecule has 36 heavy (non-hydrogen) atoms. The minimum Gasteiger partial charge on any atom is -0.476 e. The molecule has 0 saturated carbocycles. The van der Waals surface area contributed by atoms with Crippen LogP contribution in [0.3, 0.4) is 0 Å². The lowest BCUT2D eigenvalue weighted by Crippen LogP contribution is -2.40. The number of amides is 2. The highest BCUT2D eigenvalue weighted by molar-refractivity contribution is 6.19. The quantitative estimate of drug-likeness (QED) is 0.415. The van der Waals surface area contributed by atoms with Gasteiger partial charge >= 0.3 is 0 Å². The summed E-state index contributed by atoms with van der Waals surface area (Å²) in [6.45, 7) is 0.716. The third-order valence-electron chi connectivity index (χ3n) is 5.28. The lowest BCUT2D eigenvalue weighted by Gasteiger charge is -2.14. The fraction of sp³-hybridized carbons (Fsp3) is 0.200. The number of halogens is 3. The minimum atomic E-state index is -1.58. The van der Waals surface area contributed by atoms with E-state index in [1.54, 1.807) is 12.1 Å². The number of fused-ring (bicyclic) bond motifs is 1. The third-order valence-corrected chi connectivity index (χ3v) is 5.28. The van der Waals surface area contributed by atoms with Crippen LogP contribution in [0.4, 0.5) is 24.5 Å². The van der Waals surface area contributed by atoms with E-state index in [4.69, 9.17) is 4.74 Å². The van der Waals surface area contributed by atoms with Gasteiger partial charge in [0.2, 0.25) is 17.5 Å². The highest BCUT2D eigenvalue weighted by Gasteiger charge is 2.26. The molecule has 0 aliphatic carbocycles. The van der Waals surface area contributed by atoms with Crippen molar-refractivity contribution in [3.05, 3.63) is 83.3 Å². The molecule has 2 aromatic carbocycles. The Morgan fingerprint density at radius 2 is 1.78 bits per heavy atom. The highest BCUT2D eigenvalue weighted by Crippen LogP contribution is 2.27. The van der Waals surface area contributed by atoms with E-state index in [0.29, 0.717) is 11.4 Å². The standard InChI is InChI=1S/C25H22F3N5O3/c1-2-36-25-20(27)22(19(26)23(28)33-25)30-13-18(34)29-12-17-24(35)32-16-11-7-6-10-15(16)21(31-17)14-8-4-3-5-9-14/h3-11,17H,2,12-13H2,1H3,(H,29,34)(H,30,33)(H,32,35)/t17-/m1/s1. The molecular formula is C25H22F3N5O3. The number of hydrogen-bond acceptors (Lipinski definition) is 6. The SMILES string of the molecule is CCOc1nc(F)c(F)c(NCC(=O)NC[C@H]2N=C(c3ccccc3)c3ccccc3NC2=O)c1F. The first-order valence-corrected chi connectivity index (χ1v) is 11.1. The number of benzene rings is 2. The number of anilines is 2. The second kappa shape index (κ2) is 10.9. The number of aliphatic imine (C=N–C) groups is 1. The number of nitrogens with zero attached hydrogens (tertiary/aromatic N) is 2. The smallest absolute Gasteiger partial charge is 0.255 e. The number of ether oxygens (including phenoxy) is 1. The number of hydrogen-bond donors (Lipinski definition) is 3. The Bertz CT molecular complexity index is 1320. The van der Waals surface area contributed by atoms with Crippen molar-refractivity contribution in [3.8, 4) is 5.88 Å². The molecule has 1 aromatic heterocycles.